The molecule has 1 aromatic carbocycles. The maximum atomic E-state index is 5.56. The first-order valence-electron chi connectivity index (χ1n) is 8.62. The normalized spacial score (nSPS) is 12.5. The second-order valence-electron chi connectivity index (χ2n) is 6.77. The highest BCUT2D eigenvalue weighted by molar-refractivity contribution is 5.79. The van der Waals surface area contributed by atoms with Gasteiger partial charge in [-0.1, -0.05) is 18.2 Å². The molecule has 1 heterocycles. The Morgan fingerprint density at radius 3 is 2.56 bits per heavy atom. The Hall–Kier alpha value is -2.34. The van der Waals surface area contributed by atoms with Crippen LogP contribution in [-0.2, 0) is 6.54 Å². The maximum absolute atomic E-state index is 5.56. The minimum atomic E-state index is 0.0323. The fourth-order valence-electron chi connectivity index (χ4n) is 2.05. The average molecular weight is 343 g/mol. The molecule has 6 nitrogen and oxygen atoms in total. The number of oxazole rings is 1. The third-order valence-corrected chi connectivity index (χ3v) is 4.21. The van der Waals surface area contributed by atoms with Crippen LogP contribution in [-0.4, -0.2) is 48.6 Å². The van der Waals surface area contributed by atoms with E-state index < -0.39 is 0 Å². The molecule has 1 aromatic heterocycles. The van der Waals surface area contributed by atoms with Crippen molar-refractivity contribution < 1.29 is 4.42 Å². The number of nitrogens with one attached hydrogen (secondary N) is 2. The molecule has 0 spiro atoms. The third-order valence-electron chi connectivity index (χ3n) is 4.21. The van der Waals surface area contributed by atoms with Gasteiger partial charge in [-0.3, -0.25) is 0 Å². The molecule has 0 aliphatic heterocycles. The minimum absolute atomic E-state index is 0.0323. The molecule has 0 unspecified atom stereocenters. The van der Waals surface area contributed by atoms with Crippen LogP contribution in [0.2, 0.25) is 0 Å². The maximum Gasteiger partial charge on any atom is 0.226 e. The van der Waals surface area contributed by atoms with E-state index in [9.17, 15) is 0 Å². The Labute approximate surface area is 150 Å². The van der Waals surface area contributed by atoms with Crippen molar-refractivity contribution in [1.82, 2.24) is 20.5 Å². The second-order valence-corrected chi connectivity index (χ2v) is 6.77. The molecular weight excluding hydrogens is 314 g/mol. The van der Waals surface area contributed by atoms with E-state index in [2.05, 4.69) is 60.4 Å². The Morgan fingerprint density at radius 1 is 1.20 bits per heavy atom. The van der Waals surface area contributed by atoms with E-state index in [1.807, 2.05) is 30.3 Å². The lowest BCUT2D eigenvalue weighted by Gasteiger charge is -2.33. The van der Waals surface area contributed by atoms with E-state index in [0.29, 0.717) is 12.4 Å². The zero-order chi connectivity index (χ0) is 18.3. The van der Waals surface area contributed by atoms with Crippen molar-refractivity contribution in [3.05, 3.63) is 42.3 Å². The van der Waals surface area contributed by atoms with Crippen LogP contribution >= 0.6 is 0 Å². The molecule has 0 atom stereocenters. The summed E-state index contributed by atoms with van der Waals surface area (Å²) < 4.78 is 5.56. The lowest BCUT2D eigenvalue weighted by molar-refractivity contribution is 0.197. The smallest absolute Gasteiger partial charge is 0.226 e. The third kappa shape index (κ3) is 5.60. The van der Waals surface area contributed by atoms with Crippen molar-refractivity contribution in [2.24, 2.45) is 4.99 Å². The number of nitrogens with zero attached hydrogens (tertiary/aromatic N) is 3. The number of hydrogen-bond donors (Lipinski definition) is 2. The fourth-order valence-corrected chi connectivity index (χ4v) is 2.05. The van der Waals surface area contributed by atoms with Gasteiger partial charge < -0.3 is 20.0 Å². The summed E-state index contributed by atoms with van der Waals surface area (Å²) >= 11 is 0. The SMILES string of the molecule is CCNC(=NCc1coc(-c2ccccc2)n1)NCC(C)(C)N(C)C. The van der Waals surface area contributed by atoms with E-state index >= 15 is 0 Å². The Bertz CT molecular complexity index is 676. The van der Waals surface area contributed by atoms with Crippen LogP contribution in [0.25, 0.3) is 11.5 Å². The van der Waals surface area contributed by atoms with Crippen LogP contribution in [0.5, 0.6) is 0 Å². The molecular formula is C19H29N5O. The van der Waals surface area contributed by atoms with Gasteiger partial charge in [0.25, 0.3) is 0 Å². The van der Waals surface area contributed by atoms with Crippen molar-refractivity contribution >= 4 is 5.96 Å². The predicted molar refractivity (Wildman–Crippen MR) is 103 cm³/mol. The van der Waals surface area contributed by atoms with E-state index in [-0.39, 0.29) is 5.54 Å². The van der Waals surface area contributed by atoms with Crippen LogP contribution in [0, 0.1) is 0 Å². The molecule has 0 bridgehead atoms. The summed E-state index contributed by atoms with van der Waals surface area (Å²) in [7, 11) is 4.15. The van der Waals surface area contributed by atoms with Gasteiger partial charge in [0.1, 0.15) is 12.0 Å². The van der Waals surface area contributed by atoms with Crippen LogP contribution in [0.1, 0.15) is 26.5 Å². The van der Waals surface area contributed by atoms with Gasteiger partial charge in [-0.2, -0.15) is 0 Å². The summed E-state index contributed by atoms with van der Waals surface area (Å²) in [6, 6.07) is 9.87. The molecule has 6 heteroatoms. The van der Waals surface area contributed by atoms with Gasteiger partial charge in [0.15, 0.2) is 5.96 Å². The summed E-state index contributed by atoms with van der Waals surface area (Å²) in [4.78, 5) is 11.3. The molecule has 0 aliphatic carbocycles. The predicted octanol–water partition coefficient (Wildman–Crippen LogP) is 2.74. The first kappa shape index (κ1) is 19.0. The summed E-state index contributed by atoms with van der Waals surface area (Å²) in [5.74, 6) is 1.40. The van der Waals surface area contributed by atoms with Gasteiger partial charge in [-0.05, 0) is 47.0 Å². The molecule has 0 radical (unpaired) electrons. The Kier molecular flexibility index (Phi) is 6.58. The lowest BCUT2D eigenvalue weighted by atomic mass is 10.0. The van der Waals surface area contributed by atoms with Crippen LogP contribution in [0.3, 0.4) is 0 Å². The highest BCUT2D eigenvalue weighted by Gasteiger charge is 2.20. The lowest BCUT2D eigenvalue weighted by Crippen LogP contribution is -2.50. The molecule has 0 saturated heterocycles. The quantitative estimate of drug-likeness (QED) is 0.598. The summed E-state index contributed by atoms with van der Waals surface area (Å²) in [5.41, 5.74) is 1.81. The van der Waals surface area contributed by atoms with Crippen LogP contribution in [0.4, 0.5) is 0 Å². The highest BCUT2D eigenvalue weighted by Crippen LogP contribution is 2.18. The molecule has 0 aliphatic rings. The zero-order valence-electron chi connectivity index (χ0n) is 15.8. The number of guanidine groups is 1. The molecule has 25 heavy (non-hydrogen) atoms. The second kappa shape index (κ2) is 8.67. The molecule has 0 amide bonds. The summed E-state index contributed by atoms with van der Waals surface area (Å²) in [5, 5.41) is 6.65. The number of rotatable bonds is 7. The van der Waals surface area contributed by atoms with Gasteiger partial charge in [-0.25, -0.2) is 9.98 Å². The van der Waals surface area contributed by atoms with Crippen molar-refractivity contribution in [1.29, 1.82) is 0 Å². The van der Waals surface area contributed by atoms with Crippen LogP contribution < -0.4 is 10.6 Å². The molecule has 2 rings (SSSR count). The van der Waals surface area contributed by atoms with Crippen molar-refractivity contribution in [2.45, 2.75) is 32.9 Å². The standard InChI is InChI=1S/C19H29N5O/c1-6-20-18(22-14-19(2,3)24(4)5)21-12-16-13-25-17(23-16)15-10-8-7-9-11-15/h7-11,13H,6,12,14H2,1-5H3,(H2,20,21,22). The first-order chi connectivity index (χ1) is 11.9. The largest absolute Gasteiger partial charge is 0.444 e. The molecule has 0 fully saturated rings. The first-order valence-corrected chi connectivity index (χ1v) is 8.62. The van der Waals surface area contributed by atoms with Crippen LogP contribution in [0.15, 0.2) is 46.0 Å². The van der Waals surface area contributed by atoms with E-state index in [4.69, 9.17) is 4.42 Å². The summed E-state index contributed by atoms with van der Waals surface area (Å²) in [6.07, 6.45) is 1.67. The molecule has 2 N–H and O–H groups in total. The van der Waals surface area contributed by atoms with Crippen molar-refractivity contribution in [3.8, 4) is 11.5 Å². The monoisotopic (exact) mass is 343 g/mol. The number of hydrogen-bond acceptors (Lipinski definition) is 4. The number of likely N-dealkylation sites (N-methyl/N-ethyl adjacent to an activating group) is 1. The topological polar surface area (TPSA) is 65.7 Å². The van der Waals surface area contributed by atoms with Gasteiger partial charge >= 0.3 is 0 Å². The fraction of sp³-hybridized carbons (Fsp3) is 0.474. The Balaban J connectivity index is 2.00. The Morgan fingerprint density at radius 2 is 1.92 bits per heavy atom. The number of benzene rings is 1. The molecule has 136 valence electrons. The van der Waals surface area contributed by atoms with E-state index in [1.54, 1.807) is 6.26 Å². The van der Waals surface area contributed by atoms with Crippen molar-refractivity contribution in [2.75, 3.05) is 27.2 Å². The van der Waals surface area contributed by atoms with Crippen molar-refractivity contribution in [3.63, 3.8) is 0 Å². The van der Waals surface area contributed by atoms with Gasteiger partial charge in [0.2, 0.25) is 5.89 Å². The van der Waals surface area contributed by atoms with E-state index in [1.165, 1.54) is 0 Å². The molecule has 0 saturated carbocycles. The zero-order valence-corrected chi connectivity index (χ0v) is 15.8. The van der Waals surface area contributed by atoms with Gasteiger partial charge in [0, 0.05) is 24.2 Å². The highest BCUT2D eigenvalue weighted by atomic mass is 16.3. The summed E-state index contributed by atoms with van der Waals surface area (Å²) in [6.45, 7) is 8.49. The number of aliphatic imine (C=N–C) groups is 1. The molecule has 2 aromatic rings. The van der Waals surface area contributed by atoms with Gasteiger partial charge in [0.05, 0.1) is 6.54 Å². The minimum Gasteiger partial charge on any atom is -0.444 e. The van der Waals surface area contributed by atoms with Gasteiger partial charge in [-0.15, -0.1) is 0 Å². The van der Waals surface area contributed by atoms with E-state index in [0.717, 1.165) is 30.3 Å². The number of aromatic nitrogens is 1. The average Bonchev–Trinajstić information content (AvgIpc) is 3.07.